The van der Waals surface area contributed by atoms with Crippen molar-refractivity contribution in [1.82, 2.24) is 15.2 Å². The van der Waals surface area contributed by atoms with E-state index in [1.807, 2.05) is 12.3 Å². The second kappa shape index (κ2) is 6.73. The molecule has 1 aromatic heterocycles. The Hall–Kier alpha value is -1.50. The van der Waals surface area contributed by atoms with Gasteiger partial charge >= 0.3 is 0 Å². The van der Waals surface area contributed by atoms with Crippen molar-refractivity contribution in [3.8, 4) is 0 Å². The molecule has 0 aromatic carbocycles. The lowest BCUT2D eigenvalue weighted by molar-refractivity contribution is -0.125. The van der Waals surface area contributed by atoms with Crippen molar-refractivity contribution < 1.29 is 14.3 Å². The number of carbonyl (C=O) groups is 1. The molecule has 2 aliphatic heterocycles. The third-order valence-electron chi connectivity index (χ3n) is 4.63. The fourth-order valence-corrected chi connectivity index (χ4v) is 3.52. The molecule has 22 heavy (non-hydrogen) atoms. The molecule has 1 N–H and O–H groups in total. The van der Waals surface area contributed by atoms with E-state index in [0.717, 1.165) is 26.2 Å². The van der Waals surface area contributed by atoms with Crippen LogP contribution in [0.25, 0.3) is 0 Å². The van der Waals surface area contributed by atoms with E-state index in [9.17, 15) is 4.79 Å². The Bertz CT molecular complexity index is 511. The first-order valence-electron chi connectivity index (χ1n) is 7.66. The third-order valence-corrected chi connectivity index (χ3v) is 4.63. The third kappa shape index (κ3) is 3.29. The van der Waals surface area contributed by atoms with Crippen LogP contribution in [0.15, 0.2) is 24.5 Å². The van der Waals surface area contributed by atoms with E-state index in [-0.39, 0.29) is 17.9 Å². The smallest absolute Gasteiger partial charge is 0.246 e. The summed E-state index contributed by atoms with van der Waals surface area (Å²) in [6.45, 7) is 5.12. The number of nitrogens with zero attached hydrogens (tertiary/aromatic N) is 2. The van der Waals surface area contributed by atoms with Crippen LogP contribution in [0.2, 0.25) is 0 Å². The van der Waals surface area contributed by atoms with Crippen LogP contribution in [0.4, 0.5) is 0 Å². The molecule has 0 bridgehead atoms. The van der Waals surface area contributed by atoms with Crippen LogP contribution in [0, 0.1) is 11.3 Å². The van der Waals surface area contributed by atoms with Crippen molar-refractivity contribution in [2.75, 3.05) is 46.6 Å². The molecular formula is C16H23N3O3. The highest BCUT2D eigenvalue weighted by Crippen LogP contribution is 2.41. The number of fused-ring (bicyclic) bond motifs is 1. The average Bonchev–Trinajstić information content (AvgIpc) is 3.03. The lowest BCUT2D eigenvalue weighted by Crippen LogP contribution is -2.44. The molecule has 0 radical (unpaired) electrons. The molecule has 2 fully saturated rings. The number of ether oxygens (including phenoxy) is 2. The van der Waals surface area contributed by atoms with Gasteiger partial charge in [-0.15, -0.1) is 0 Å². The largest absolute Gasteiger partial charge is 0.380 e. The highest BCUT2D eigenvalue weighted by molar-refractivity contribution is 5.77. The predicted molar refractivity (Wildman–Crippen MR) is 81.1 cm³/mol. The molecule has 6 nitrogen and oxygen atoms in total. The summed E-state index contributed by atoms with van der Waals surface area (Å²) in [5.41, 5.74) is 1.26. The summed E-state index contributed by atoms with van der Waals surface area (Å²) in [6.07, 6.45) is 3.71. The maximum Gasteiger partial charge on any atom is 0.246 e. The molecule has 0 saturated carbocycles. The molecule has 2 aliphatic rings. The van der Waals surface area contributed by atoms with Gasteiger partial charge in [-0.1, -0.05) is 6.07 Å². The van der Waals surface area contributed by atoms with Gasteiger partial charge in [-0.3, -0.25) is 14.7 Å². The van der Waals surface area contributed by atoms with E-state index >= 15 is 0 Å². The van der Waals surface area contributed by atoms with Crippen LogP contribution in [0.3, 0.4) is 0 Å². The fraction of sp³-hybridized carbons (Fsp3) is 0.625. The summed E-state index contributed by atoms with van der Waals surface area (Å²) < 4.78 is 10.6. The molecule has 3 rings (SSSR count). The average molecular weight is 305 g/mol. The standard InChI is InChI=1S/C16H23N3O3/c1-21-9-15(20)18-10-16-11-19(7-14(16)8-22-12-16)6-13-3-2-4-17-5-13/h2-5,14H,6-12H2,1H3,(H,18,20)/t14-,16+/m1/s1. The maximum atomic E-state index is 11.7. The molecule has 2 atom stereocenters. The van der Waals surface area contributed by atoms with Gasteiger partial charge < -0.3 is 14.8 Å². The number of rotatable bonds is 6. The van der Waals surface area contributed by atoms with E-state index in [0.29, 0.717) is 19.1 Å². The number of carbonyl (C=O) groups excluding carboxylic acids is 1. The minimum Gasteiger partial charge on any atom is -0.380 e. The Morgan fingerprint density at radius 1 is 1.64 bits per heavy atom. The quantitative estimate of drug-likeness (QED) is 0.818. The van der Waals surface area contributed by atoms with Gasteiger partial charge in [0, 0.05) is 57.0 Å². The van der Waals surface area contributed by atoms with Crippen LogP contribution in [0.5, 0.6) is 0 Å². The normalized spacial score (nSPS) is 27.8. The van der Waals surface area contributed by atoms with Crippen molar-refractivity contribution >= 4 is 5.91 Å². The second-order valence-electron chi connectivity index (χ2n) is 6.32. The minimum absolute atomic E-state index is 0.0333. The first-order valence-corrected chi connectivity index (χ1v) is 7.66. The fourth-order valence-electron chi connectivity index (χ4n) is 3.52. The molecule has 6 heteroatoms. The van der Waals surface area contributed by atoms with E-state index < -0.39 is 0 Å². The zero-order chi connectivity index (χ0) is 15.4. The van der Waals surface area contributed by atoms with Crippen molar-refractivity contribution in [2.24, 2.45) is 11.3 Å². The van der Waals surface area contributed by atoms with E-state index in [2.05, 4.69) is 21.3 Å². The summed E-state index contributed by atoms with van der Waals surface area (Å²) >= 11 is 0. The van der Waals surface area contributed by atoms with Crippen molar-refractivity contribution in [2.45, 2.75) is 6.54 Å². The predicted octanol–water partition coefficient (Wildman–Crippen LogP) is 0.293. The Morgan fingerprint density at radius 2 is 2.55 bits per heavy atom. The Balaban J connectivity index is 1.60. The SMILES string of the molecule is COCC(=O)NC[C@]12COC[C@H]1CN(Cc1cccnc1)C2. The first kappa shape index (κ1) is 15.4. The van der Waals surface area contributed by atoms with Crippen molar-refractivity contribution in [3.63, 3.8) is 0 Å². The number of hydrogen-bond donors (Lipinski definition) is 1. The van der Waals surface area contributed by atoms with Crippen LogP contribution >= 0.6 is 0 Å². The lowest BCUT2D eigenvalue weighted by Gasteiger charge is -2.27. The van der Waals surface area contributed by atoms with Gasteiger partial charge in [0.25, 0.3) is 0 Å². The summed E-state index contributed by atoms with van der Waals surface area (Å²) in [7, 11) is 1.53. The van der Waals surface area contributed by atoms with Gasteiger partial charge in [-0.2, -0.15) is 0 Å². The van der Waals surface area contributed by atoms with Gasteiger partial charge in [0.05, 0.1) is 13.2 Å². The Kier molecular flexibility index (Phi) is 4.71. The number of hydrogen-bond acceptors (Lipinski definition) is 5. The number of amides is 1. The molecule has 3 heterocycles. The summed E-state index contributed by atoms with van der Waals surface area (Å²) in [5, 5.41) is 2.99. The van der Waals surface area contributed by atoms with E-state index in [1.54, 1.807) is 6.20 Å². The topological polar surface area (TPSA) is 63.7 Å². The minimum atomic E-state index is -0.0618. The van der Waals surface area contributed by atoms with Crippen molar-refractivity contribution in [3.05, 3.63) is 30.1 Å². The van der Waals surface area contributed by atoms with Gasteiger partial charge in [-0.05, 0) is 11.6 Å². The van der Waals surface area contributed by atoms with Crippen LogP contribution in [-0.4, -0.2) is 62.4 Å². The van der Waals surface area contributed by atoms with E-state index in [4.69, 9.17) is 9.47 Å². The number of likely N-dealkylation sites (tertiary alicyclic amines) is 1. The monoisotopic (exact) mass is 305 g/mol. The first-order chi connectivity index (χ1) is 10.7. The molecule has 0 unspecified atom stereocenters. The summed E-state index contributed by atoms with van der Waals surface area (Å²) in [6, 6.07) is 4.07. The lowest BCUT2D eigenvalue weighted by atomic mass is 9.81. The number of aromatic nitrogens is 1. The van der Waals surface area contributed by atoms with Crippen LogP contribution < -0.4 is 5.32 Å². The second-order valence-corrected chi connectivity index (χ2v) is 6.32. The summed E-state index contributed by atoms with van der Waals surface area (Å²) in [4.78, 5) is 18.3. The summed E-state index contributed by atoms with van der Waals surface area (Å²) in [5.74, 6) is 0.417. The van der Waals surface area contributed by atoms with Crippen LogP contribution in [0.1, 0.15) is 5.56 Å². The molecule has 0 spiro atoms. The maximum absolute atomic E-state index is 11.7. The number of pyridine rings is 1. The van der Waals surface area contributed by atoms with Gasteiger partial charge in [-0.25, -0.2) is 0 Å². The molecular weight excluding hydrogens is 282 g/mol. The zero-order valence-corrected chi connectivity index (χ0v) is 13.0. The Labute approximate surface area is 130 Å². The van der Waals surface area contributed by atoms with Gasteiger partial charge in [0.2, 0.25) is 5.91 Å². The highest BCUT2D eigenvalue weighted by Gasteiger charge is 2.50. The molecule has 1 amide bonds. The molecule has 0 aliphatic carbocycles. The molecule has 2 saturated heterocycles. The van der Waals surface area contributed by atoms with Gasteiger partial charge in [0.15, 0.2) is 0 Å². The van der Waals surface area contributed by atoms with Crippen molar-refractivity contribution in [1.29, 1.82) is 0 Å². The van der Waals surface area contributed by atoms with Gasteiger partial charge in [0.1, 0.15) is 6.61 Å². The van der Waals surface area contributed by atoms with E-state index in [1.165, 1.54) is 12.7 Å². The number of methoxy groups -OCH3 is 1. The molecule has 120 valence electrons. The Morgan fingerprint density at radius 3 is 3.32 bits per heavy atom. The van der Waals surface area contributed by atoms with Crippen LogP contribution in [-0.2, 0) is 20.8 Å². The zero-order valence-electron chi connectivity index (χ0n) is 13.0. The number of nitrogens with one attached hydrogen (secondary N) is 1. The molecule has 1 aromatic rings. The highest BCUT2D eigenvalue weighted by atomic mass is 16.5.